The lowest BCUT2D eigenvalue weighted by Gasteiger charge is -2.28. The predicted octanol–water partition coefficient (Wildman–Crippen LogP) is 9.89. The van der Waals surface area contributed by atoms with Crippen LogP contribution in [0.5, 0.6) is 5.75 Å². The van der Waals surface area contributed by atoms with Gasteiger partial charge in [-0.05, 0) is 53.3 Å². The molecule has 0 amide bonds. The van der Waals surface area contributed by atoms with Crippen LogP contribution in [0.25, 0.3) is 21.9 Å². The minimum atomic E-state index is -0.485. The minimum Gasteiger partial charge on any atom is -0.494 e. The molecular weight excluding hydrogens is 438 g/mol. The first kappa shape index (κ1) is 25.7. The normalized spacial score (nSPS) is 18.2. The van der Waals surface area contributed by atoms with Crippen LogP contribution in [0.3, 0.4) is 0 Å². The van der Waals surface area contributed by atoms with Gasteiger partial charge in [-0.25, -0.2) is 8.78 Å². The topological polar surface area (TPSA) is 9.23 Å². The highest BCUT2D eigenvalue weighted by atomic mass is 19.1. The highest BCUT2D eigenvalue weighted by Gasteiger charge is 2.21. The molecule has 188 valence electrons. The summed E-state index contributed by atoms with van der Waals surface area (Å²) in [5.41, 5.74) is 2.20. The molecule has 0 atom stereocenters. The van der Waals surface area contributed by atoms with Crippen molar-refractivity contribution in [3.8, 4) is 16.9 Å². The average Bonchev–Trinajstić information content (AvgIpc) is 2.88. The molecule has 1 saturated carbocycles. The summed E-state index contributed by atoms with van der Waals surface area (Å²) in [5, 5.41) is 1.49. The number of fused-ring (bicyclic) bond motifs is 1. The maximum Gasteiger partial charge on any atom is 0.165 e. The van der Waals surface area contributed by atoms with Gasteiger partial charge in [-0.15, -0.1) is 0 Å². The third kappa shape index (κ3) is 6.63. The van der Waals surface area contributed by atoms with Crippen molar-refractivity contribution in [2.75, 3.05) is 7.11 Å². The highest BCUT2D eigenvalue weighted by Crippen LogP contribution is 2.35. The van der Waals surface area contributed by atoms with Crippen LogP contribution < -0.4 is 4.74 Å². The van der Waals surface area contributed by atoms with E-state index in [1.54, 1.807) is 18.2 Å². The summed E-state index contributed by atoms with van der Waals surface area (Å²) in [5.74, 6) is 1.15. The summed E-state index contributed by atoms with van der Waals surface area (Å²) >= 11 is 0. The number of rotatable bonds is 11. The Kier molecular flexibility index (Phi) is 9.18. The average molecular weight is 479 g/mol. The Morgan fingerprint density at radius 1 is 0.800 bits per heavy atom. The lowest BCUT2D eigenvalue weighted by molar-refractivity contribution is 0.249. The molecule has 1 nitrogen and oxygen atoms in total. The first-order valence-corrected chi connectivity index (χ1v) is 13.6. The summed E-state index contributed by atoms with van der Waals surface area (Å²) in [6.07, 6.45) is 16.2. The number of unbranched alkanes of at least 4 members (excludes halogenated alkanes) is 4. The molecule has 3 aromatic carbocycles. The number of aryl methyl sites for hydroxylation is 1. The number of halogens is 2. The molecule has 0 N–H and O–H groups in total. The molecule has 3 aromatic rings. The van der Waals surface area contributed by atoms with Crippen LogP contribution in [0.4, 0.5) is 8.78 Å². The fraction of sp³-hybridized carbons (Fsp3) is 0.500. The molecule has 1 aliphatic carbocycles. The molecule has 0 radical (unpaired) electrons. The Balaban J connectivity index is 1.32. The van der Waals surface area contributed by atoms with Gasteiger partial charge in [-0.1, -0.05) is 108 Å². The van der Waals surface area contributed by atoms with Crippen molar-refractivity contribution < 1.29 is 13.5 Å². The van der Waals surface area contributed by atoms with E-state index in [1.165, 1.54) is 89.4 Å². The van der Waals surface area contributed by atoms with E-state index < -0.39 is 5.82 Å². The molecule has 0 unspecified atom stereocenters. The van der Waals surface area contributed by atoms with Crippen molar-refractivity contribution in [2.45, 2.75) is 84.0 Å². The van der Waals surface area contributed by atoms with Gasteiger partial charge in [-0.3, -0.25) is 0 Å². The third-order valence-corrected chi connectivity index (χ3v) is 8.00. The van der Waals surface area contributed by atoms with Gasteiger partial charge in [0.05, 0.1) is 7.11 Å². The quantitative estimate of drug-likeness (QED) is 0.249. The molecule has 0 heterocycles. The molecular formula is C32H40F2O. The summed E-state index contributed by atoms with van der Waals surface area (Å²) in [7, 11) is 1.42. The molecule has 0 aromatic heterocycles. The second-order valence-corrected chi connectivity index (χ2v) is 10.5. The fourth-order valence-electron chi connectivity index (χ4n) is 5.77. The van der Waals surface area contributed by atoms with Crippen molar-refractivity contribution in [3.05, 3.63) is 65.7 Å². The Morgan fingerprint density at radius 2 is 1.54 bits per heavy atom. The standard InChI is InChI=1S/C32H40F2O/c1-3-4-5-6-7-8-23-9-11-24(12-10-23)13-14-25-15-18-28-26(21-25)16-19-29(32(28)34)27-17-20-31(35-2)30(33)22-27/h15-24H,3-14H2,1-2H3. The number of hydrogen-bond donors (Lipinski definition) is 0. The lowest BCUT2D eigenvalue weighted by atomic mass is 9.77. The van der Waals surface area contributed by atoms with E-state index in [-0.39, 0.29) is 11.6 Å². The summed E-state index contributed by atoms with van der Waals surface area (Å²) in [6.45, 7) is 2.28. The number of ether oxygens (including phenoxy) is 1. The van der Waals surface area contributed by atoms with Crippen LogP contribution in [0.15, 0.2) is 48.5 Å². The van der Waals surface area contributed by atoms with E-state index in [0.717, 1.165) is 23.6 Å². The second-order valence-electron chi connectivity index (χ2n) is 10.5. The van der Waals surface area contributed by atoms with E-state index >= 15 is 4.39 Å². The Morgan fingerprint density at radius 3 is 2.26 bits per heavy atom. The first-order valence-electron chi connectivity index (χ1n) is 13.6. The maximum absolute atomic E-state index is 15.3. The summed E-state index contributed by atoms with van der Waals surface area (Å²) in [6, 6.07) is 14.3. The van der Waals surface area contributed by atoms with Gasteiger partial charge < -0.3 is 4.74 Å². The van der Waals surface area contributed by atoms with Gasteiger partial charge in [-0.2, -0.15) is 0 Å². The van der Waals surface area contributed by atoms with Gasteiger partial charge in [0.2, 0.25) is 0 Å². The van der Waals surface area contributed by atoms with E-state index in [9.17, 15) is 4.39 Å². The van der Waals surface area contributed by atoms with Gasteiger partial charge in [0.15, 0.2) is 11.6 Å². The molecule has 0 aliphatic heterocycles. The Hall–Kier alpha value is -2.42. The molecule has 35 heavy (non-hydrogen) atoms. The molecule has 1 fully saturated rings. The zero-order chi connectivity index (χ0) is 24.6. The van der Waals surface area contributed by atoms with E-state index in [1.807, 2.05) is 12.1 Å². The molecule has 0 bridgehead atoms. The second kappa shape index (κ2) is 12.5. The number of benzene rings is 3. The van der Waals surface area contributed by atoms with E-state index in [4.69, 9.17) is 4.74 Å². The van der Waals surface area contributed by atoms with Crippen LogP contribution >= 0.6 is 0 Å². The van der Waals surface area contributed by atoms with E-state index in [2.05, 4.69) is 19.1 Å². The van der Waals surface area contributed by atoms with Crippen LogP contribution in [0, 0.1) is 23.5 Å². The molecule has 0 spiro atoms. The summed E-state index contributed by atoms with van der Waals surface area (Å²) < 4.78 is 34.4. The Bertz CT molecular complexity index is 1100. The first-order chi connectivity index (χ1) is 17.1. The van der Waals surface area contributed by atoms with Gasteiger partial charge >= 0.3 is 0 Å². The third-order valence-electron chi connectivity index (χ3n) is 8.00. The molecule has 1 aliphatic rings. The SMILES string of the molecule is CCCCCCCC1CCC(CCc2ccc3c(F)c(-c4ccc(OC)c(F)c4)ccc3c2)CC1. The zero-order valence-corrected chi connectivity index (χ0v) is 21.4. The molecule has 4 rings (SSSR count). The number of methoxy groups -OCH3 is 1. The minimum absolute atomic E-state index is 0.162. The Labute approximate surface area is 209 Å². The monoisotopic (exact) mass is 478 g/mol. The van der Waals surface area contributed by atoms with Crippen molar-refractivity contribution in [2.24, 2.45) is 11.8 Å². The van der Waals surface area contributed by atoms with Crippen LogP contribution in [-0.2, 0) is 6.42 Å². The summed E-state index contributed by atoms with van der Waals surface area (Å²) in [4.78, 5) is 0. The maximum atomic E-state index is 15.3. The van der Waals surface area contributed by atoms with E-state index in [0.29, 0.717) is 16.5 Å². The van der Waals surface area contributed by atoms with Crippen molar-refractivity contribution >= 4 is 10.8 Å². The van der Waals surface area contributed by atoms with Crippen LogP contribution in [0.2, 0.25) is 0 Å². The van der Waals surface area contributed by atoms with Crippen LogP contribution in [0.1, 0.15) is 83.1 Å². The van der Waals surface area contributed by atoms with Gasteiger partial charge in [0.25, 0.3) is 0 Å². The predicted molar refractivity (Wildman–Crippen MR) is 143 cm³/mol. The highest BCUT2D eigenvalue weighted by molar-refractivity contribution is 5.88. The van der Waals surface area contributed by atoms with Crippen molar-refractivity contribution in [3.63, 3.8) is 0 Å². The van der Waals surface area contributed by atoms with Crippen molar-refractivity contribution in [1.82, 2.24) is 0 Å². The van der Waals surface area contributed by atoms with Gasteiger partial charge in [0, 0.05) is 10.9 Å². The largest absolute Gasteiger partial charge is 0.494 e. The zero-order valence-electron chi connectivity index (χ0n) is 21.4. The molecule has 0 saturated heterocycles. The van der Waals surface area contributed by atoms with Crippen LogP contribution in [-0.4, -0.2) is 7.11 Å². The number of hydrogen-bond acceptors (Lipinski definition) is 1. The smallest absolute Gasteiger partial charge is 0.165 e. The molecule has 3 heteroatoms. The van der Waals surface area contributed by atoms with Crippen molar-refractivity contribution in [1.29, 1.82) is 0 Å². The van der Waals surface area contributed by atoms with Gasteiger partial charge in [0.1, 0.15) is 5.82 Å². The fourth-order valence-corrected chi connectivity index (χ4v) is 5.77. The lowest BCUT2D eigenvalue weighted by Crippen LogP contribution is -2.15.